The number of nitrogens with one attached hydrogen (secondary N) is 1. The second kappa shape index (κ2) is 6.37. The van der Waals surface area contributed by atoms with E-state index in [-0.39, 0.29) is 17.1 Å². The third-order valence-electron chi connectivity index (χ3n) is 3.53. The van der Waals surface area contributed by atoms with Crippen LogP contribution in [0, 0.1) is 0 Å². The van der Waals surface area contributed by atoms with Gasteiger partial charge in [-0.25, -0.2) is 5.01 Å². The average molecular weight is 389 g/mol. The fourth-order valence-corrected chi connectivity index (χ4v) is 2.57. The van der Waals surface area contributed by atoms with Crippen LogP contribution in [0.2, 0.25) is 0 Å². The number of rotatable bonds is 3. The van der Waals surface area contributed by atoms with Crippen molar-refractivity contribution in [3.8, 4) is 11.5 Å². The van der Waals surface area contributed by atoms with E-state index in [0.29, 0.717) is 11.3 Å². The molecule has 1 heterocycles. The molecule has 0 aromatic heterocycles. The number of methoxy groups -OCH3 is 1. The van der Waals surface area contributed by atoms with Gasteiger partial charge in [0.2, 0.25) is 0 Å². The number of nitrogens with zero attached hydrogens (tertiary/aromatic N) is 1. The molecule has 0 aliphatic carbocycles. The van der Waals surface area contributed by atoms with E-state index in [1.807, 2.05) is 0 Å². The van der Waals surface area contributed by atoms with Crippen molar-refractivity contribution in [2.24, 2.45) is 0 Å². The molecule has 0 saturated carbocycles. The van der Waals surface area contributed by atoms with Crippen molar-refractivity contribution in [1.29, 1.82) is 0 Å². The van der Waals surface area contributed by atoms with Crippen molar-refractivity contribution in [3.05, 3.63) is 58.1 Å². The Bertz CT molecular complexity index is 846. The van der Waals surface area contributed by atoms with E-state index < -0.39 is 11.8 Å². The van der Waals surface area contributed by atoms with Crippen LogP contribution in [0.3, 0.4) is 0 Å². The first kappa shape index (κ1) is 16.1. The number of benzene rings is 2. The number of hydrogen-bond acceptors (Lipinski definition) is 4. The zero-order chi connectivity index (χ0) is 17.3. The molecule has 0 spiro atoms. The van der Waals surface area contributed by atoms with Crippen molar-refractivity contribution in [3.63, 3.8) is 0 Å². The lowest BCUT2D eigenvalue weighted by Crippen LogP contribution is -2.35. The van der Waals surface area contributed by atoms with Crippen LogP contribution in [-0.4, -0.2) is 24.0 Å². The highest BCUT2D eigenvalue weighted by Crippen LogP contribution is 2.32. The molecule has 0 unspecified atom stereocenters. The van der Waals surface area contributed by atoms with Gasteiger partial charge >= 0.3 is 0 Å². The molecule has 1 aliphatic rings. The number of aromatic hydroxyl groups is 1. The molecule has 0 atom stereocenters. The number of amides is 2. The van der Waals surface area contributed by atoms with Gasteiger partial charge in [-0.15, -0.1) is 0 Å². The molecule has 2 amide bonds. The summed E-state index contributed by atoms with van der Waals surface area (Å²) >= 11 is 3.32. The van der Waals surface area contributed by atoms with Crippen molar-refractivity contribution >= 4 is 39.5 Å². The van der Waals surface area contributed by atoms with E-state index in [0.717, 1.165) is 9.48 Å². The number of phenolic OH excluding ortho intramolecular Hbond substituents is 1. The number of para-hydroxylation sites is 1. The van der Waals surface area contributed by atoms with Crippen LogP contribution < -0.4 is 15.2 Å². The molecule has 1 fully saturated rings. The number of anilines is 1. The first-order valence-corrected chi connectivity index (χ1v) is 7.79. The van der Waals surface area contributed by atoms with Gasteiger partial charge in [-0.05, 0) is 36.4 Å². The zero-order valence-corrected chi connectivity index (χ0v) is 14.2. The summed E-state index contributed by atoms with van der Waals surface area (Å²) in [6.45, 7) is 0. The predicted octanol–water partition coefficient (Wildman–Crippen LogP) is 2.62. The molecule has 3 rings (SSSR count). The van der Waals surface area contributed by atoms with Gasteiger partial charge in [0.05, 0.1) is 12.8 Å². The molecule has 0 radical (unpaired) electrons. The van der Waals surface area contributed by atoms with Gasteiger partial charge in [0.15, 0.2) is 11.5 Å². The van der Waals surface area contributed by atoms with Gasteiger partial charge in [-0.1, -0.05) is 28.1 Å². The number of halogens is 1. The van der Waals surface area contributed by atoms with Crippen LogP contribution in [0.15, 0.2) is 52.5 Å². The summed E-state index contributed by atoms with van der Waals surface area (Å²) in [6.07, 6.45) is 1.34. The molecule has 0 bridgehead atoms. The van der Waals surface area contributed by atoms with E-state index in [2.05, 4.69) is 21.4 Å². The minimum atomic E-state index is -0.537. The van der Waals surface area contributed by atoms with Crippen LogP contribution in [-0.2, 0) is 9.59 Å². The predicted molar refractivity (Wildman–Crippen MR) is 92.4 cm³/mol. The van der Waals surface area contributed by atoms with E-state index >= 15 is 0 Å². The second-order valence-electron chi connectivity index (χ2n) is 5.01. The molecule has 1 saturated heterocycles. The highest BCUT2D eigenvalue weighted by molar-refractivity contribution is 9.10. The standard InChI is InChI=1S/C17H13BrN2O4/c1-24-14-4-2-3-10(15(14)21)9-13-16(22)19-20(17(13)23)12-7-5-11(18)6-8-12/h2-9,21H,1H3,(H,19,22)/b13-9+. The smallest absolute Gasteiger partial charge is 0.282 e. The van der Waals surface area contributed by atoms with E-state index in [1.165, 1.54) is 13.2 Å². The van der Waals surface area contributed by atoms with Crippen LogP contribution in [0.4, 0.5) is 5.69 Å². The van der Waals surface area contributed by atoms with Crippen molar-refractivity contribution in [2.75, 3.05) is 12.1 Å². The number of carbonyl (C=O) groups is 2. The molecule has 2 aromatic carbocycles. The molecule has 24 heavy (non-hydrogen) atoms. The summed E-state index contributed by atoms with van der Waals surface area (Å²) in [5.74, 6) is -0.898. The van der Waals surface area contributed by atoms with E-state index in [9.17, 15) is 14.7 Å². The number of ether oxygens (including phenoxy) is 1. The van der Waals surface area contributed by atoms with E-state index in [1.54, 1.807) is 42.5 Å². The Kier molecular flexibility index (Phi) is 4.26. The minimum Gasteiger partial charge on any atom is -0.504 e. The highest BCUT2D eigenvalue weighted by atomic mass is 79.9. The normalized spacial score (nSPS) is 15.8. The number of hydrazine groups is 1. The lowest BCUT2D eigenvalue weighted by Gasteiger charge is -2.14. The molecule has 1 aliphatic heterocycles. The lowest BCUT2D eigenvalue weighted by molar-refractivity contribution is -0.117. The topological polar surface area (TPSA) is 78.9 Å². The van der Waals surface area contributed by atoms with Gasteiger partial charge < -0.3 is 9.84 Å². The third-order valence-corrected chi connectivity index (χ3v) is 4.05. The Hall–Kier alpha value is -2.80. The van der Waals surface area contributed by atoms with Gasteiger partial charge in [0.25, 0.3) is 11.8 Å². The number of hydrogen-bond donors (Lipinski definition) is 2. The van der Waals surface area contributed by atoms with Gasteiger partial charge in [0.1, 0.15) is 5.57 Å². The largest absolute Gasteiger partial charge is 0.504 e. The Morgan fingerprint density at radius 1 is 1.17 bits per heavy atom. The van der Waals surface area contributed by atoms with Gasteiger partial charge in [-0.2, -0.15) is 0 Å². The summed E-state index contributed by atoms with van der Waals surface area (Å²) in [5, 5.41) is 11.3. The zero-order valence-electron chi connectivity index (χ0n) is 12.6. The molecule has 2 aromatic rings. The Balaban J connectivity index is 1.96. The second-order valence-corrected chi connectivity index (χ2v) is 5.93. The summed E-state index contributed by atoms with van der Waals surface area (Å²) in [6, 6.07) is 11.8. The average Bonchev–Trinajstić information content (AvgIpc) is 2.85. The van der Waals surface area contributed by atoms with Crippen LogP contribution in [0.1, 0.15) is 5.56 Å². The molecule has 2 N–H and O–H groups in total. The molecular formula is C17H13BrN2O4. The summed E-state index contributed by atoms with van der Waals surface area (Å²) < 4.78 is 5.89. The SMILES string of the molecule is COc1cccc(/C=C2\C(=O)NN(c3ccc(Br)cc3)C2=O)c1O. The van der Waals surface area contributed by atoms with Gasteiger partial charge in [-0.3, -0.25) is 15.0 Å². The van der Waals surface area contributed by atoms with Gasteiger partial charge in [0, 0.05) is 10.0 Å². The van der Waals surface area contributed by atoms with E-state index in [4.69, 9.17) is 4.74 Å². The van der Waals surface area contributed by atoms with Crippen molar-refractivity contribution in [1.82, 2.24) is 5.43 Å². The molecule has 7 heteroatoms. The molecule has 122 valence electrons. The Labute approximate surface area is 146 Å². The maximum Gasteiger partial charge on any atom is 0.282 e. The quantitative estimate of drug-likeness (QED) is 0.625. The van der Waals surface area contributed by atoms with Crippen LogP contribution in [0.25, 0.3) is 6.08 Å². The first-order chi connectivity index (χ1) is 11.5. The lowest BCUT2D eigenvalue weighted by atomic mass is 10.1. The van der Waals surface area contributed by atoms with Crippen LogP contribution in [0.5, 0.6) is 11.5 Å². The minimum absolute atomic E-state index is 0.0681. The number of phenols is 1. The Morgan fingerprint density at radius 2 is 1.88 bits per heavy atom. The maximum absolute atomic E-state index is 12.5. The van der Waals surface area contributed by atoms with Crippen molar-refractivity contribution in [2.45, 2.75) is 0 Å². The first-order valence-electron chi connectivity index (χ1n) is 7.00. The summed E-state index contributed by atoms with van der Waals surface area (Å²) in [4.78, 5) is 24.7. The fraction of sp³-hybridized carbons (Fsp3) is 0.0588. The molecule has 6 nitrogen and oxygen atoms in total. The number of carbonyl (C=O) groups excluding carboxylic acids is 2. The summed E-state index contributed by atoms with van der Waals surface area (Å²) in [7, 11) is 1.43. The monoisotopic (exact) mass is 388 g/mol. The highest BCUT2D eigenvalue weighted by Gasteiger charge is 2.34. The van der Waals surface area contributed by atoms with Crippen LogP contribution >= 0.6 is 15.9 Å². The molecular weight excluding hydrogens is 376 g/mol. The maximum atomic E-state index is 12.5. The van der Waals surface area contributed by atoms with Crippen molar-refractivity contribution < 1.29 is 19.4 Å². The summed E-state index contributed by atoms with van der Waals surface area (Å²) in [5.41, 5.74) is 3.30. The fourth-order valence-electron chi connectivity index (χ4n) is 2.31. The third kappa shape index (κ3) is 2.85. The Morgan fingerprint density at radius 3 is 2.54 bits per heavy atom.